The Morgan fingerprint density at radius 3 is 2.67 bits per heavy atom. The lowest BCUT2D eigenvalue weighted by Gasteiger charge is -2.36. The van der Waals surface area contributed by atoms with Gasteiger partial charge in [-0.1, -0.05) is 0 Å². The summed E-state index contributed by atoms with van der Waals surface area (Å²) >= 11 is 0. The fraction of sp³-hybridized carbons (Fsp3) is 0.588. The number of Topliss-reactive ketones (excluding diaryl/α,β-unsaturated/α-hetero) is 1. The normalized spacial score (nSPS) is 21.9. The van der Waals surface area contributed by atoms with Crippen LogP contribution in [0.5, 0.6) is 0 Å². The van der Waals surface area contributed by atoms with E-state index >= 15 is 0 Å². The van der Waals surface area contributed by atoms with Crippen molar-refractivity contribution in [3.63, 3.8) is 0 Å². The lowest BCUT2D eigenvalue weighted by atomic mass is 10.1. The van der Waals surface area contributed by atoms with Crippen LogP contribution in [0.25, 0.3) is 0 Å². The summed E-state index contributed by atoms with van der Waals surface area (Å²) in [4.78, 5) is 26.9. The van der Waals surface area contributed by atoms with E-state index in [1.54, 1.807) is 12.1 Å². The molecule has 0 aliphatic carbocycles. The molecule has 2 aliphatic rings. The van der Waals surface area contributed by atoms with Crippen LogP contribution in [0.15, 0.2) is 18.2 Å². The maximum Gasteiger partial charge on any atom is 0.293 e. The van der Waals surface area contributed by atoms with Crippen LogP contribution < -0.4 is 4.90 Å². The highest BCUT2D eigenvalue weighted by atomic mass is 16.6. The number of anilines is 1. The molecule has 7 nitrogen and oxygen atoms in total. The van der Waals surface area contributed by atoms with Crippen LogP contribution in [-0.4, -0.2) is 61.5 Å². The molecule has 130 valence electrons. The fourth-order valence-corrected chi connectivity index (χ4v) is 3.42. The number of ether oxygens (including phenoxy) is 1. The first-order chi connectivity index (χ1) is 11.5. The first kappa shape index (κ1) is 16.9. The van der Waals surface area contributed by atoms with Gasteiger partial charge >= 0.3 is 0 Å². The summed E-state index contributed by atoms with van der Waals surface area (Å²) in [6.45, 7) is 7.47. The Balaban J connectivity index is 1.67. The summed E-state index contributed by atoms with van der Waals surface area (Å²) in [6, 6.07) is 4.77. The third-order valence-electron chi connectivity index (χ3n) is 4.83. The van der Waals surface area contributed by atoms with Crippen LogP contribution in [0, 0.1) is 16.0 Å². The second kappa shape index (κ2) is 7.27. The third kappa shape index (κ3) is 3.73. The van der Waals surface area contributed by atoms with Crippen LogP contribution in [-0.2, 0) is 4.74 Å². The van der Waals surface area contributed by atoms with Gasteiger partial charge in [0.1, 0.15) is 5.69 Å². The maximum atomic E-state index is 11.5. The topological polar surface area (TPSA) is 75.9 Å². The molecular weight excluding hydrogens is 310 g/mol. The Kier molecular flexibility index (Phi) is 5.11. The number of carbonyl (C=O) groups excluding carboxylic acids is 1. The van der Waals surface area contributed by atoms with E-state index in [1.807, 2.05) is 4.90 Å². The molecule has 2 fully saturated rings. The molecule has 0 N–H and O–H groups in total. The number of benzene rings is 1. The van der Waals surface area contributed by atoms with E-state index in [1.165, 1.54) is 13.0 Å². The largest absolute Gasteiger partial charge is 0.381 e. The predicted octanol–water partition coefficient (Wildman–Crippen LogP) is 1.96. The van der Waals surface area contributed by atoms with Gasteiger partial charge in [0, 0.05) is 51.0 Å². The Hall–Kier alpha value is -1.99. The van der Waals surface area contributed by atoms with E-state index in [9.17, 15) is 14.9 Å². The SMILES string of the molecule is CC(=O)c1ccc(N2CCN(CC3CCOC3)CC2)c([N+](=O)[O-])c1. The zero-order valence-corrected chi connectivity index (χ0v) is 13.9. The van der Waals surface area contributed by atoms with Crippen molar-refractivity contribution in [2.24, 2.45) is 5.92 Å². The number of nitro benzene ring substituents is 1. The zero-order chi connectivity index (χ0) is 17.1. The summed E-state index contributed by atoms with van der Waals surface area (Å²) < 4.78 is 5.42. The number of nitrogens with zero attached hydrogens (tertiary/aromatic N) is 3. The van der Waals surface area contributed by atoms with Crippen molar-refractivity contribution in [2.45, 2.75) is 13.3 Å². The van der Waals surface area contributed by atoms with Crippen molar-refractivity contribution in [1.82, 2.24) is 4.90 Å². The summed E-state index contributed by atoms with van der Waals surface area (Å²) in [7, 11) is 0. The second-order valence-electron chi connectivity index (χ2n) is 6.53. The molecule has 24 heavy (non-hydrogen) atoms. The number of carbonyl (C=O) groups is 1. The van der Waals surface area contributed by atoms with Crippen molar-refractivity contribution < 1.29 is 14.5 Å². The summed E-state index contributed by atoms with van der Waals surface area (Å²) in [6.07, 6.45) is 1.12. The van der Waals surface area contributed by atoms with Gasteiger partial charge in [-0.25, -0.2) is 0 Å². The lowest BCUT2D eigenvalue weighted by molar-refractivity contribution is -0.384. The van der Waals surface area contributed by atoms with Gasteiger partial charge in [-0.3, -0.25) is 19.8 Å². The van der Waals surface area contributed by atoms with E-state index in [0.717, 1.165) is 52.4 Å². The van der Waals surface area contributed by atoms with E-state index in [4.69, 9.17) is 4.74 Å². The van der Waals surface area contributed by atoms with Crippen molar-refractivity contribution >= 4 is 17.2 Å². The van der Waals surface area contributed by atoms with E-state index in [-0.39, 0.29) is 11.5 Å². The molecule has 7 heteroatoms. The number of ketones is 1. The molecule has 1 atom stereocenters. The quantitative estimate of drug-likeness (QED) is 0.466. The Bertz CT molecular complexity index is 620. The van der Waals surface area contributed by atoms with Crippen LogP contribution in [0.1, 0.15) is 23.7 Å². The van der Waals surface area contributed by atoms with Gasteiger partial charge in [0.25, 0.3) is 5.69 Å². The highest BCUT2D eigenvalue weighted by Gasteiger charge is 2.26. The molecule has 0 saturated carbocycles. The number of rotatable bonds is 5. The summed E-state index contributed by atoms with van der Waals surface area (Å²) in [5.41, 5.74) is 1.000. The Morgan fingerprint density at radius 2 is 2.08 bits per heavy atom. The first-order valence-electron chi connectivity index (χ1n) is 8.39. The van der Waals surface area contributed by atoms with Crippen molar-refractivity contribution in [1.29, 1.82) is 0 Å². The Labute approximate surface area is 141 Å². The summed E-state index contributed by atoms with van der Waals surface area (Å²) in [5, 5.41) is 11.4. The molecule has 2 aliphatic heterocycles. The Morgan fingerprint density at radius 1 is 1.33 bits per heavy atom. The molecule has 1 aromatic rings. The first-order valence-corrected chi connectivity index (χ1v) is 8.39. The minimum absolute atomic E-state index is 0.0142. The molecule has 2 saturated heterocycles. The van der Waals surface area contributed by atoms with Gasteiger partial charge in [-0.15, -0.1) is 0 Å². The van der Waals surface area contributed by atoms with Gasteiger partial charge in [0.15, 0.2) is 5.78 Å². The predicted molar refractivity (Wildman–Crippen MR) is 90.7 cm³/mol. The molecule has 3 rings (SSSR count). The van der Waals surface area contributed by atoms with Crippen molar-refractivity contribution in [3.8, 4) is 0 Å². The molecule has 0 bridgehead atoms. The monoisotopic (exact) mass is 333 g/mol. The molecule has 0 spiro atoms. The molecule has 1 aromatic carbocycles. The number of nitro groups is 1. The molecule has 2 heterocycles. The van der Waals surface area contributed by atoms with Gasteiger partial charge < -0.3 is 9.64 Å². The van der Waals surface area contributed by atoms with Crippen LogP contribution in [0.4, 0.5) is 11.4 Å². The minimum atomic E-state index is -0.399. The van der Waals surface area contributed by atoms with Gasteiger partial charge in [0.05, 0.1) is 11.5 Å². The molecule has 0 radical (unpaired) electrons. The summed E-state index contributed by atoms with van der Waals surface area (Å²) in [5.74, 6) is 0.453. The van der Waals surface area contributed by atoms with Crippen LogP contribution >= 0.6 is 0 Å². The molecular formula is C17H23N3O4. The average Bonchev–Trinajstić information content (AvgIpc) is 3.08. The highest BCUT2D eigenvalue weighted by molar-refractivity contribution is 5.95. The smallest absolute Gasteiger partial charge is 0.293 e. The van der Waals surface area contributed by atoms with Gasteiger partial charge in [-0.2, -0.15) is 0 Å². The standard InChI is InChI=1S/C17H23N3O4/c1-13(21)15-2-3-16(17(10-15)20(22)23)19-7-5-18(6-8-19)11-14-4-9-24-12-14/h2-3,10,14H,4-9,11-12H2,1H3. The lowest BCUT2D eigenvalue weighted by Crippen LogP contribution is -2.48. The van der Waals surface area contributed by atoms with E-state index in [2.05, 4.69) is 4.90 Å². The number of hydrogen-bond acceptors (Lipinski definition) is 6. The van der Waals surface area contributed by atoms with Gasteiger partial charge in [-0.05, 0) is 31.4 Å². The highest BCUT2D eigenvalue weighted by Crippen LogP contribution is 2.30. The third-order valence-corrected chi connectivity index (χ3v) is 4.83. The van der Waals surface area contributed by atoms with Crippen molar-refractivity contribution in [2.75, 3.05) is 50.8 Å². The minimum Gasteiger partial charge on any atom is -0.381 e. The maximum absolute atomic E-state index is 11.5. The fourth-order valence-electron chi connectivity index (χ4n) is 3.42. The average molecular weight is 333 g/mol. The van der Waals surface area contributed by atoms with E-state index in [0.29, 0.717) is 17.2 Å². The van der Waals surface area contributed by atoms with Crippen molar-refractivity contribution in [3.05, 3.63) is 33.9 Å². The molecule has 0 aromatic heterocycles. The molecule has 1 unspecified atom stereocenters. The second-order valence-corrected chi connectivity index (χ2v) is 6.53. The van der Waals surface area contributed by atoms with Gasteiger partial charge in [0.2, 0.25) is 0 Å². The van der Waals surface area contributed by atoms with E-state index < -0.39 is 4.92 Å². The van der Waals surface area contributed by atoms with Crippen LogP contribution in [0.3, 0.4) is 0 Å². The zero-order valence-electron chi connectivity index (χ0n) is 13.9. The number of hydrogen-bond donors (Lipinski definition) is 0. The van der Waals surface area contributed by atoms with Crippen LogP contribution in [0.2, 0.25) is 0 Å². The molecule has 0 amide bonds. The number of piperazine rings is 1.